The minimum Gasteiger partial charge on any atom is -0.449 e. The summed E-state index contributed by atoms with van der Waals surface area (Å²) in [7, 11) is 1.50. The van der Waals surface area contributed by atoms with Crippen molar-refractivity contribution in [3.63, 3.8) is 0 Å². The number of nitro benzene ring substituents is 1. The van der Waals surface area contributed by atoms with Gasteiger partial charge in [0.1, 0.15) is 11.5 Å². The second kappa shape index (κ2) is 10.1. The summed E-state index contributed by atoms with van der Waals surface area (Å²) >= 11 is 0. The van der Waals surface area contributed by atoms with Crippen molar-refractivity contribution in [3.05, 3.63) is 64.0 Å². The van der Waals surface area contributed by atoms with Crippen molar-refractivity contribution < 1.29 is 28.4 Å². The van der Waals surface area contributed by atoms with Crippen molar-refractivity contribution in [2.45, 2.75) is 13.0 Å². The fraction of sp³-hybridized carbons (Fsp3) is 0.263. The fourth-order valence-electron chi connectivity index (χ4n) is 2.34. The Morgan fingerprint density at radius 2 is 2.00 bits per heavy atom. The van der Waals surface area contributed by atoms with Gasteiger partial charge in [-0.3, -0.25) is 14.9 Å². The molecule has 0 saturated carbocycles. The van der Waals surface area contributed by atoms with E-state index in [4.69, 9.17) is 9.47 Å². The van der Waals surface area contributed by atoms with Crippen molar-refractivity contribution >= 4 is 28.9 Å². The minimum atomic E-state index is -1.20. The maximum atomic E-state index is 13.2. The number of benzene rings is 2. The van der Waals surface area contributed by atoms with E-state index >= 15 is 0 Å². The van der Waals surface area contributed by atoms with Crippen molar-refractivity contribution in [2.75, 3.05) is 30.9 Å². The van der Waals surface area contributed by atoms with Crippen molar-refractivity contribution in [1.82, 2.24) is 0 Å². The zero-order valence-electron chi connectivity index (χ0n) is 15.8. The van der Waals surface area contributed by atoms with Gasteiger partial charge >= 0.3 is 5.97 Å². The third-order valence-corrected chi connectivity index (χ3v) is 3.80. The number of hydrogen-bond acceptors (Lipinski definition) is 7. The topological polar surface area (TPSA) is 120 Å². The van der Waals surface area contributed by atoms with Gasteiger partial charge in [0, 0.05) is 25.4 Å². The van der Waals surface area contributed by atoms with E-state index in [1.54, 1.807) is 0 Å². The van der Waals surface area contributed by atoms with Crippen LogP contribution in [0.3, 0.4) is 0 Å². The molecule has 0 saturated heterocycles. The number of nitro groups is 1. The Balaban J connectivity index is 2.05. The highest BCUT2D eigenvalue weighted by atomic mass is 19.1. The van der Waals surface area contributed by atoms with Crippen LogP contribution in [0, 0.1) is 15.9 Å². The van der Waals surface area contributed by atoms with Crippen LogP contribution < -0.4 is 10.6 Å². The van der Waals surface area contributed by atoms with E-state index in [9.17, 15) is 24.1 Å². The predicted octanol–water partition coefficient (Wildman–Crippen LogP) is 2.98. The lowest BCUT2D eigenvalue weighted by atomic mass is 10.1. The molecule has 0 aliphatic heterocycles. The molecule has 2 aromatic rings. The first kappa shape index (κ1) is 21.8. The molecular weight excluding hydrogens is 385 g/mol. The molecule has 10 heteroatoms. The van der Waals surface area contributed by atoms with E-state index < -0.39 is 28.7 Å². The predicted molar refractivity (Wildman–Crippen MR) is 103 cm³/mol. The number of anilines is 2. The SMILES string of the molecule is COCCNc1ccc(C(=O)O[C@H](C)C(=O)Nc2cccc(F)c2)cc1[N+](=O)[O-]. The average Bonchev–Trinajstić information content (AvgIpc) is 2.68. The monoisotopic (exact) mass is 405 g/mol. The van der Waals surface area contributed by atoms with Gasteiger partial charge in [0.05, 0.1) is 17.1 Å². The van der Waals surface area contributed by atoms with Crippen LogP contribution in [0.4, 0.5) is 21.5 Å². The number of carbonyl (C=O) groups excluding carboxylic acids is 2. The second-order valence-electron chi connectivity index (χ2n) is 5.96. The highest BCUT2D eigenvalue weighted by Crippen LogP contribution is 2.26. The van der Waals surface area contributed by atoms with E-state index in [0.29, 0.717) is 13.2 Å². The van der Waals surface area contributed by atoms with Crippen LogP contribution in [0.25, 0.3) is 0 Å². The molecule has 0 aliphatic rings. The van der Waals surface area contributed by atoms with Gasteiger partial charge in [-0.25, -0.2) is 9.18 Å². The lowest BCUT2D eigenvalue weighted by Gasteiger charge is -2.14. The zero-order valence-corrected chi connectivity index (χ0v) is 15.8. The number of carbonyl (C=O) groups is 2. The summed E-state index contributed by atoms with van der Waals surface area (Å²) in [6, 6.07) is 9.03. The van der Waals surface area contributed by atoms with Gasteiger partial charge in [-0.15, -0.1) is 0 Å². The number of amides is 1. The molecule has 0 aliphatic carbocycles. The number of ether oxygens (including phenoxy) is 2. The number of rotatable bonds is 9. The molecule has 29 heavy (non-hydrogen) atoms. The average molecular weight is 405 g/mol. The Hall–Kier alpha value is -3.53. The number of halogens is 1. The van der Waals surface area contributed by atoms with Crippen molar-refractivity contribution in [1.29, 1.82) is 0 Å². The normalized spacial score (nSPS) is 11.4. The van der Waals surface area contributed by atoms with Crippen molar-refractivity contribution in [2.24, 2.45) is 0 Å². The molecule has 0 bridgehead atoms. The van der Waals surface area contributed by atoms with Crippen LogP contribution in [0.15, 0.2) is 42.5 Å². The van der Waals surface area contributed by atoms with E-state index in [2.05, 4.69) is 10.6 Å². The molecular formula is C19H20FN3O6. The summed E-state index contributed by atoms with van der Waals surface area (Å²) in [4.78, 5) is 35.1. The van der Waals surface area contributed by atoms with Crippen LogP contribution in [0.1, 0.15) is 17.3 Å². The number of nitrogens with zero attached hydrogens (tertiary/aromatic N) is 1. The van der Waals surface area contributed by atoms with Gasteiger partial charge in [0.25, 0.3) is 11.6 Å². The number of hydrogen-bond donors (Lipinski definition) is 2. The molecule has 9 nitrogen and oxygen atoms in total. The Morgan fingerprint density at radius 3 is 2.66 bits per heavy atom. The minimum absolute atomic E-state index is 0.0839. The van der Waals surface area contributed by atoms with Gasteiger partial charge < -0.3 is 20.1 Å². The molecule has 0 aromatic heterocycles. The van der Waals surface area contributed by atoms with Gasteiger partial charge in [0.15, 0.2) is 6.10 Å². The summed E-state index contributed by atoms with van der Waals surface area (Å²) in [5, 5.41) is 16.5. The van der Waals surface area contributed by atoms with E-state index in [1.807, 2.05) is 0 Å². The first-order valence-corrected chi connectivity index (χ1v) is 8.60. The maximum Gasteiger partial charge on any atom is 0.339 e. The van der Waals surface area contributed by atoms with Crippen LogP contribution in [0.2, 0.25) is 0 Å². The van der Waals surface area contributed by atoms with Gasteiger partial charge in [-0.1, -0.05) is 6.07 Å². The summed E-state index contributed by atoms with van der Waals surface area (Å²) in [5.74, 6) is -2.10. The molecule has 0 spiro atoms. The molecule has 0 heterocycles. The van der Waals surface area contributed by atoms with Crippen molar-refractivity contribution in [3.8, 4) is 0 Å². The molecule has 0 fully saturated rings. The Morgan fingerprint density at radius 1 is 1.24 bits per heavy atom. The molecule has 2 rings (SSSR count). The molecule has 154 valence electrons. The van der Waals surface area contributed by atoms with Crippen LogP contribution in [-0.4, -0.2) is 43.2 Å². The zero-order chi connectivity index (χ0) is 21.4. The van der Waals surface area contributed by atoms with Gasteiger partial charge in [-0.05, 0) is 37.3 Å². The van der Waals surface area contributed by atoms with E-state index in [-0.39, 0.29) is 22.6 Å². The number of esters is 1. The summed E-state index contributed by atoms with van der Waals surface area (Å²) in [5.41, 5.74) is 0.0346. The van der Waals surface area contributed by atoms with Gasteiger partial charge in [-0.2, -0.15) is 0 Å². The lowest BCUT2D eigenvalue weighted by Crippen LogP contribution is -2.30. The molecule has 1 amide bonds. The van der Waals surface area contributed by atoms with E-state index in [1.165, 1.54) is 44.4 Å². The Bertz CT molecular complexity index is 905. The Labute approximate surface area is 166 Å². The number of nitrogens with one attached hydrogen (secondary N) is 2. The quantitative estimate of drug-likeness (QED) is 0.285. The second-order valence-corrected chi connectivity index (χ2v) is 5.96. The molecule has 0 unspecified atom stereocenters. The molecule has 0 radical (unpaired) electrons. The first-order chi connectivity index (χ1) is 13.8. The van der Waals surface area contributed by atoms with Crippen LogP contribution in [-0.2, 0) is 14.3 Å². The van der Waals surface area contributed by atoms with Crippen LogP contribution >= 0.6 is 0 Å². The largest absolute Gasteiger partial charge is 0.449 e. The first-order valence-electron chi connectivity index (χ1n) is 8.60. The molecule has 1 atom stereocenters. The highest BCUT2D eigenvalue weighted by molar-refractivity contribution is 5.97. The van der Waals surface area contributed by atoms with Gasteiger partial charge in [0.2, 0.25) is 0 Å². The smallest absolute Gasteiger partial charge is 0.339 e. The van der Waals surface area contributed by atoms with E-state index in [0.717, 1.165) is 12.1 Å². The fourth-order valence-corrected chi connectivity index (χ4v) is 2.34. The third-order valence-electron chi connectivity index (χ3n) is 3.80. The summed E-state index contributed by atoms with van der Waals surface area (Å²) in [6.07, 6.45) is -1.20. The molecule has 2 N–H and O–H groups in total. The maximum absolute atomic E-state index is 13.2. The highest BCUT2D eigenvalue weighted by Gasteiger charge is 2.22. The summed E-state index contributed by atoms with van der Waals surface area (Å²) in [6.45, 7) is 2.03. The third kappa shape index (κ3) is 6.25. The number of methoxy groups -OCH3 is 1. The standard InChI is InChI=1S/C19H20FN3O6/c1-12(18(24)22-15-5-3-4-14(20)11-15)29-19(25)13-6-7-16(21-8-9-28-2)17(10-13)23(26)27/h3-7,10-12,21H,8-9H2,1-2H3,(H,22,24)/t12-/m1/s1. The molecule has 2 aromatic carbocycles. The lowest BCUT2D eigenvalue weighted by molar-refractivity contribution is -0.384. The Kier molecular flexibility index (Phi) is 7.61. The van der Waals surface area contributed by atoms with Crippen LogP contribution in [0.5, 0.6) is 0 Å². The summed E-state index contributed by atoms with van der Waals surface area (Å²) < 4.78 is 23.1.